The summed E-state index contributed by atoms with van der Waals surface area (Å²) in [7, 11) is 2.06. The van der Waals surface area contributed by atoms with Crippen molar-refractivity contribution in [2.45, 2.75) is 45.6 Å². The first kappa shape index (κ1) is 21.1. The van der Waals surface area contributed by atoms with Crippen LogP contribution in [0.3, 0.4) is 0 Å². The van der Waals surface area contributed by atoms with Crippen molar-refractivity contribution < 1.29 is 23.5 Å². The zero-order valence-electron chi connectivity index (χ0n) is 15.7. The Hall–Kier alpha value is -1.95. The highest BCUT2D eigenvalue weighted by molar-refractivity contribution is 5.83. The lowest BCUT2D eigenvalue weighted by molar-refractivity contribution is -0.143. The second kappa shape index (κ2) is 9.51. The Balaban J connectivity index is 0.000000333. The predicted octanol–water partition coefficient (Wildman–Crippen LogP) is 2.95. The van der Waals surface area contributed by atoms with E-state index < -0.39 is 5.97 Å². The monoisotopic (exact) mass is 353 g/mol. The molecule has 0 N–H and O–H groups in total. The summed E-state index contributed by atoms with van der Waals surface area (Å²) < 4.78 is 23.6. The topological polar surface area (TPSA) is 55.8 Å². The van der Waals surface area contributed by atoms with E-state index in [1.54, 1.807) is 19.1 Å². The number of halogens is 1. The molecule has 0 saturated carbocycles. The molecule has 1 aliphatic rings. The third-order valence-electron chi connectivity index (χ3n) is 3.63. The first-order valence-corrected chi connectivity index (χ1v) is 8.41. The Morgan fingerprint density at radius 3 is 2.48 bits per heavy atom. The molecular formula is C19H28FNO4. The van der Waals surface area contributed by atoms with Crippen LogP contribution in [0.1, 0.15) is 39.7 Å². The average molecular weight is 353 g/mol. The third-order valence-corrected chi connectivity index (χ3v) is 3.63. The van der Waals surface area contributed by atoms with Gasteiger partial charge in [-0.15, -0.1) is 0 Å². The van der Waals surface area contributed by atoms with Crippen LogP contribution in [0, 0.1) is 5.82 Å². The maximum atomic E-state index is 13.3. The maximum absolute atomic E-state index is 13.3. The minimum Gasteiger partial charge on any atom is -0.487 e. The van der Waals surface area contributed by atoms with Gasteiger partial charge >= 0.3 is 5.97 Å². The van der Waals surface area contributed by atoms with Gasteiger partial charge in [0, 0.05) is 18.7 Å². The number of likely N-dealkylation sites (N-methyl/N-ethyl adjacent to an activating group) is 1. The van der Waals surface area contributed by atoms with Crippen molar-refractivity contribution in [3.63, 3.8) is 0 Å². The molecule has 0 unspecified atom stereocenters. The molecule has 1 saturated heterocycles. The Morgan fingerprint density at radius 1 is 1.36 bits per heavy atom. The van der Waals surface area contributed by atoms with E-state index in [-0.39, 0.29) is 23.8 Å². The second-order valence-electron chi connectivity index (χ2n) is 7.03. The molecule has 25 heavy (non-hydrogen) atoms. The summed E-state index contributed by atoms with van der Waals surface area (Å²) in [5.41, 5.74) is 0.833. The summed E-state index contributed by atoms with van der Waals surface area (Å²) in [6, 6.07) is 4.79. The largest absolute Gasteiger partial charge is 0.487 e. The Labute approximate surface area is 149 Å². The summed E-state index contributed by atoms with van der Waals surface area (Å²) in [5, 5.41) is 0. The number of carbonyl (C=O) groups is 2. The molecule has 1 fully saturated rings. The summed E-state index contributed by atoms with van der Waals surface area (Å²) in [4.78, 5) is 22.0. The van der Waals surface area contributed by atoms with E-state index in [2.05, 4.69) is 37.5 Å². The number of hydrogen-bond acceptors (Lipinski definition) is 5. The Morgan fingerprint density at radius 2 is 2.00 bits per heavy atom. The van der Waals surface area contributed by atoms with Crippen molar-refractivity contribution in [3.8, 4) is 5.75 Å². The minimum absolute atomic E-state index is 0.104. The van der Waals surface area contributed by atoms with E-state index in [9.17, 15) is 14.0 Å². The van der Waals surface area contributed by atoms with Crippen LogP contribution in [0.25, 0.3) is 0 Å². The average Bonchev–Trinajstić information content (AvgIpc) is 2.47. The number of aldehydes is 1. The summed E-state index contributed by atoms with van der Waals surface area (Å²) in [5.74, 6) is 0.160. The van der Waals surface area contributed by atoms with Crippen LogP contribution < -0.4 is 4.74 Å². The molecule has 1 aromatic carbocycles. The van der Waals surface area contributed by atoms with Gasteiger partial charge in [-0.05, 0) is 37.6 Å². The van der Waals surface area contributed by atoms with Crippen molar-refractivity contribution in [2.24, 2.45) is 0 Å². The molecule has 2 rings (SSSR count). The lowest BCUT2D eigenvalue weighted by Gasteiger charge is -2.37. The summed E-state index contributed by atoms with van der Waals surface area (Å²) >= 11 is 0. The van der Waals surface area contributed by atoms with Crippen molar-refractivity contribution in [1.82, 2.24) is 4.90 Å². The van der Waals surface area contributed by atoms with Crippen LogP contribution in [0.5, 0.6) is 5.75 Å². The summed E-state index contributed by atoms with van der Waals surface area (Å²) in [6.45, 7) is 10.1. The number of benzene rings is 1. The lowest BCUT2D eigenvalue weighted by Crippen LogP contribution is -2.51. The van der Waals surface area contributed by atoms with Gasteiger partial charge < -0.3 is 14.3 Å². The number of likely N-dealkylation sites (tertiary alicyclic amines) is 1. The van der Waals surface area contributed by atoms with Crippen LogP contribution >= 0.6 is 0 Å². The number of esters is 1. The Kier molecular flexibility index (Phi) is 8.03. The molecule has 0 amide bonds. The number of ether oxygens (including phenoxy) is 2. The van der Waals surface area contributed by atoms with Gasteiger partial charge in [0.25, 0.3) is 0 Å². The van der Waals surface area contributed by atoms with Crippen molar-refractivity contribution in [1.29, 1.82) is 0 Å². The predicted molar refractivity (Wildman–Crippen MR) is 94.3 cm³/mol. The normalized spacial score (nSPS) is 14.8. The molecule has 1 aromatic rings. The fourth-order valence-corrected chi connectivity index (χ4v) is 2.37. The zero-order chi connectivity index (χ0) is 19.0. The quantitative estimate of drug-likeness (QED) is 0.463. The van der Waals surface area contributed by atoms with Gasteiger partial charge in [-0.1, -0.05) is 20.8 Å². The van der Waals surface area contributed by atoms with Crippen molar-refractivity contribution in [2.75, 3.05) is 26.7 Å². The van der Waals surface area contributed by atoms with E-state index >= 15 is 0 Å². The molecular weight excluding hydrogens is 325 g/mol. The van der Waals surface area contributed by atoms with E-state index in [4.69, 9.17) is 4.74 Å². The molecule has 6 heteroatoms. The summed E-state index contributed by atoms with van der Waals surface area (Å²) in [6.07, 6.45) is 0.637. The third kappa shape index (κ3) is 7.22. The van der Waals surface area contributed by atoms with Gasteiger partial charge in [0.2, 0.25) is 0 Å². The number of carbonyl (C=O) groups excluding carboxylic acids is 2. The molecule has 5 nitrogen and oxygen atoms in total. The number of hydrogen-bond donors (Lipinski definition) is 0. The standard InChI is InChI=1S/C14H20FNO.C5H8O3/c1-14(2,3)12-7-10(15)5-6-13(12)17-11-8-16(4)9-11;1-2-8-5(7)3-4-6/h5-7,11H,8-9H2,1-4H3;4H,2-3H2,1H3. The zero-order valence-corrected chi connectivity index (χ0v) is 15.7. The molecule has 0 aliphatic carbocycles. The molecule has 1 aliphatic heterocycles. The first-order chi connectivity index (χ1) is 11.7. The molecule has 0 aromatic heterocycles. The highest BCUT2D eigenvalue weighted by Gasteiger charge is 2.27. The maximum Gasteiger partial charge on any atom is 0.312 e. The van der Waals surface area contributed by atoms with E-state index in [1.807, 2.05) is 0 Å². The van der Waals surface area contributed by atoms with Crippen LogP contribution in [0.4, 0.5) is 4.39 Å². The number of nitrogens with zero attached hydrogens (tertiary/aromatic N) is 1. The molecule has 1 heterocycles. The molecule has 0 atom stereocenters. The molecule has 0 bridgehead atoms. The fraction of sp³-hybridized carbons (Fsp3) is 0.579. The molecule has 140 valence electrons. The van der Waals surface area contributed by atoms with Gasteiger partial charge in [-0.2, -0.15) is 0 Å². The Bertz CT molecular complexity index is 577. The minimum atomic E-state index is -0.456. The SMILES string of the molecule is CCOC(=O)CC=O.CN1CC(Oc2ccc(F)cc2C(C)(C)C)C1. The van der Waals surface area contributed by atoms with Crippen LogP contribution in [0.2, 0.25) is 0 Å². The van der Waals surface area contributed by atoms with Crippen molar-refractivity contribution >= 4 is 12.3 Å². The molecule has 0 spiro atoms. The van der Waals surface area contributed by atoms with Gasteiger partial charge in [-0.3, -0.25) is 9.69 Å². The lowest BCUT2D eigenvalue weighted by atomic mass is 9.86. The van der Waals surface area contributed by atoms with Crippen LogP contribution in [-0.4, -0.2) is 50.0 Å². The van der Waals surface area contributed by atoms with Crippen LogP contribution in [-0.2, 0) is 19.7 Å². The van der Waals surface area contributed by atoms with Crippen molar-refractivity contribution in [3.05, 3.63) is 29.6 Å². The highest BCUT2D eigenvalue weighted by atomic mass is 19.1. The smallest absolute Gasteiger partial charge is 0.312 e. The molecule has 0 radical (unpaired) electrons. The van der Waals surface area contributed by atoms with E-state index in [0.29, 0.717) is 12.9 Å². The number of rotatable bonds is 5. The van der Waals surface area contributed by atoms with Gasteiger partial charge in [0.05, 0.1) is 6.61 Å². The van der Waals surface area contributed by atoms with E-state index in [1.165, 1.54) is 6.07 Å². The van der Waals surface area contributed by atoms with Gasteiger partial charge in [0.1, 0.15) is 30.4 Å². The van der Waals surface area contributed by atoms with Gasteiger partial charge in [-0.25, -0.2) is 4.39 Å². The highest BCUT2D eigenvalue weighted by Crippen LogP contribution is 2.33. The van der Waals surface area contributed by atoms with Gasteiger partial charge in [0.15, 0.2) is 0 Å². The first-order valence-electron chi connectivity index (χ1n) is 8.41. The fourth-order valence-electron chi connectivity index (χ4n) is 2.37. The van der Waals surface area contributed by atoms with E-state index in [0.717, 1.165) is 24.4 Å². The second-order valence-corrected chi connectivity index (χ2v) is 7.03. The van der Waals surface area contributed by atoms with Crippen LogP contribution in [0.15, 0.2) is 18.2 Å².